The lowest BCUT2D eigenvalue weighted by Crippen LogP contribution is -2.04. The standard InChI is InChI=1S/C17H19N3S/c1-13-7-9-15(10-8-13)16-12-21-17(19-16)20-18-11-14-5-3-2-4-6-14/h2-3,7-12,14H,4-6H2,1H3,(H,19,20)/b18-11-/t14-/m1/s1. The predicted octanol–water partition coefficient (Wildman–Crippen LogP) is 4.87. The Kier molecular flexibility index (Phi) is 4.46. The summed E-state index contributed by atoms with van der Waals surface area (Å²) in [5.41, 5.74) is 6.45. The molecule has 0 saturated heterocycles. The highest BCUT2D eigenvalue weighted by Crippen LogP contribution is 2.25. The Morgan fingerprint density at radius 2 is 2.14 bits per heavy atom. The van der Waals surface area contributed by atoms with Gasteiger partial charge in [-0.1, -0.05) is 42.0 Å². The smallest absolute Gasteiger partial charge is 0.203 e. The van der Waals surface area contributed by atoms with Gasteiger partial charge < -0.3 is 0 Å². The van der Waals surface area contributed by atoms with Gasteiger partial charge in [0.1, 0.15) is 0 Å². The molecule has 21 heavy (non-hydrogen) atoms. The normalized spacial score (nSPS) is 18.2. The summed E-state index contributed by atoms with van der Waals surface area (Å²) < 4.78 is 0. The summed E-state index contributed by atoms with van der Waals surface area (Å²) in [6.07, 6.45) is 9.93. The van der Waals surface area contributed by atoms with E-state index in [0.29, 0.717) is 5.92 Å². The molecule has 1 heterocycles. The molecule has 2 aromatic rings. The zero-order chi connectivity index (χ0) is 14.5. The molecule has 0 amide bonds. The van der Waals surface area contributed by atoms with Gasteiger partial charge in [-0.25, -0.2) is 4.98 Å². The van der Waals surface area contributed by atoms with Crippen molar-refractivity contribution in [2.24, 2.45) is 11.0 Å². The maximum Gasteiger partial charge on any atom is 0.203 e. The van der Waals surface area contributed by atoms with E-state index in [1.54, 1.807) is 11.3 Å². The van der Waals surface area contributed by atoms with E-state index < -0.39 is 0 Å². The molecule has 0 fully saturated rings. The lowest BCUT2D eigenvalue weighted by Gasteiger charge is -2.11. The second kappa shape index (κ2) is 6.68. The van der Waals surface area contributed by atoms with Crippen LogP contribution >= 0.6 is 11.3 Å². The second-order valence-corrected chi connectivity index (χ2v) is 6.20. The molecule has 4 heteroatoms. The first kappa shape index (κ1) is 14.0. The highest BCUT2D eigenvalue weighted by molar-refractivity contribution is 7.14. The number of benzene rings is 1. The van der Waals surface area contributed by atoms with Gasteiger partial charge in [0, 0.05) is 17.2 Å². The molecule has 0 spiro atoms. The van der Waals surface area contributed by atoms with E-state index in [1.165, 1.54) is 12.0 Å². The number of hydrogen-bond donors (Lipinski definition) is 1. The van der Waals surface area contributed by atoms with E-state index in [2.05, 4.69) is 64.2 Å². The van der Waals surface area contributed by atoms with Crippen LogP contribution in [0.15, 0.2) is 46.9 Å². The molecule has 0 bridgehead atoms. The van der Waals surface area contributed by atoms with Crippen LogP contribution in [0.1, 0.15) is 24.8 Å². The first-order valence-corrected chi connectivity index (χ1v) is 8.16. The maximum absolute atomic E-state index is 4.57. The molecule has 1 aromatic heterocycles. The number of anilines is 1. The number of rotatable bonds is 4. The molecule has 3 rings (SSSR count). The summed E-state index contributed by atoms with van der Waals surface area (Å²) in [6, 6.07) is 8.42. The number of aromatic nitrogens is 1. The highest BCUT2D eigenvalue weighted by atomic mass is 32.1. The third-order valence-electron chi connectivity index (χ3n) is 3.61. The minimum Gasteiger partial charge on any atom is -0.253 e. The topological polar surface area (TPSA) is 37.3 Å². The number of aryl methyl sites for hydroxylation is 1. The third kappa shape index (κ3) is 3.79. The monoisotopic (exact) mass is 297 g/mol. The van der Waals surface area contributed by atoms with Gasteiger partial charge in [-0.2, -0.15) is 5.10 Å². The van der Waals surface area contributed by atoms with Crippen LogP contribution in [0, 0.1) is 12.8 Å². The Morgan fingerprint density at radius 3 is 2.90 bits per heavy atom. The van der Waals surface area contributed by atoms with Gasteiger partial charge in [0.05, 0.1) is 5.69 Å². The van der Waals surface area contributed by atoms with Gasteiger partial charge in [-0.3, -0.25) is 5.43 Å². The van der Waals surface area contributed by atoms with E-state index in [-0.39, 0.29) is 0 Å². The quantitative estimate of drug-likeness (QED) is 0.496. The SMILES string of the molecule is Cc1ccc(-c2csc(N/N=C\[C@@H]3CC=CCC3)n2)cc1. The van der Waals surface area contributed by atoms with Crippen LogP contribution in [0.25, 0.3) is 11.3 Å². The third-order valence-corrected chi connectivity index (χ3v) is 4.35. The van der Waals surface area contributed by atoms with Crippen LogP contribution in [0.4, 0.5) is 5.13 Å². The fourth-order valence-electron chi connectivity index (χ4n) is 2.33. The van der Waals surface area contributed by atoms with Crippen molar-refractivity contribution in [2.45, 2.75) is 26.2 Å². The molecule has 0 unspecified atom stereocenters. The summed E-state index contributed by atoms with van der Waals surface area (Å²) >= 11 is 1.59. The Morgan fingerprint density at radius 1 is 1.29 bits per heavy atom. The van der Waals surface area contributed by atoms with Gasteiger partial charge >= 0.3 is 0 Å². The number of thiazole rings is 1. The Bertz CT molecular complexity index is 640. The summed E-state index contributed by atoms with van der Waals surface area (Å²) in [6.45, 7) is 2.09. The summed E-state index contributed by atoms with van der Waals surface area (Å²) in [7, 11) is 0. The van der Waals surface area contributed by atoms with Crippen molar-refractivity contribution in [3.63, 3.8) is 0 Å². The highest BCUT2D eigenvalue weighted by Gasteiger charge is 2.07. The van der Waals surface area contributed by atoms with Crippen LogP contribution in [0.5, 0.6) is 0 Å². The van der Waals surface area contributed by atoms with E-state index >= 15 is 0 Å². The zero-order valence-corrected chi connectivity index (χ0v) is 12.9. The van der Waals surface area contributed by atoms with E-state index in [4.69, 9.17) is 0 Å². The van der Waals surface area contributed by atoms with Crippen molar-refractivity contribution in [1.29, 1.82) is 0 Å². The lowest BCUT2D eigenvalue weighted by atomic mass is 9.96. The van der Waals surface area contributed by atoms with Crippen LogP contribution in [0.3, 0.4) is 0 Å². The fraction of sp³-hybridized carbons (Fsp3) is 0.294. The minimum atomic E-state index is 0.555. The van der Waals surface area contributed by atoms with Crippen LogP contribution in [-0.4, -0.2) is 11.2 Å². The minimum absolute atomic E-state index is 0.555. The average Bonchev–Trinajstić information content (AvgIpc) is 2.98. The van der Waals surface area contributed by atoms with Crippen LogP contribution < -0.4 is 5.43 Å². The molecule has 3 nitrogen and oxygen atoms in total. The van der Waals surface area contributed by atoms with E-state index in [0.717, 1.165) is 29.2 Å². The molecule has 1 N–H and O–H groups in total. The van der Waals surface area contributed by atoms with Crippen LogP contribution in [0.2, 0.25) is 0 Å². The predicted molar refractivity (Wildman–Crippen MR) is 90.9 cm³/mol. The molecular weight excluding hydrogens is 278 g/mol. The molecule has 0 radical (unpaired) electrons. The first-order valence-electron chi connectivity index (χ1n) is 7.28. The number of nitrogens with one attached hydrogen (secondary N) is 1. The first-order chi connectivity index (χ1) is 10.3. The molecular formula is C17H19N3S. The molecule has 1 atom stereocenters. The van der Waals surface area contributed by atoms with Gasteiger partial charge in [-0.15, -0.1) is 11.3 Å². The van der Waals surface area contributed by atoms with Crippen molar-refractivity contribution in [1.82, 2.24) is 4.98 Å². The van der Waals surface area contributed by atoms with Crippen molar-refractivity contribution < 1.29 is 0 Å². The largest absolute Gasteiger partial charge is 0.253 e. The summed E-state index contributed by atoms with van der Waals surface area (Å²) in [4.78, 5) is 4.57. The van der Waals surface area contributed by atoms with E-state index in [9.17, 15) is 0 Å². The van der Waals surface area contributed by atoms with Crippen molar-refractivity contribution in [3.05, 3.63) is 47.4 Å². The van der Waals surface area contributed by atoms with Gasteiger partial charge in [-0.05, 0) is 32.1 Å². The van der Waals surface area contributed by atoms with Gasteiger partial charge in [0.15, 0.2) is 0 Å². The van der Waals surface area contributed by atoms with Gasteiger partial charge in [0.2, 0.25) is 5.13 Å². The van der Waals surface area contributed by atoms with Crippen LogP contribution in [-0.2, 0) is 0 Å². The molecule has 1 aliphatic rings. The molecule has 108 valence electrons. The summed E-state index contributed by atoms with van der Waals surface area (Å²) in [5.74, 6) is 0.555. The Hall–Kier alpha value is -1.94. The molecule has 1 aliphatic carbocycles. The van der Waals surface area contributed by atoms with Gasteiger partial charge in [0.25, 0.3) is 0 Å². The van der Waals surface area contributed by atoms with Crippen molar-refractivity contribution in [2.75, 3.05) is 5.43 Å². The number of nitrogens with zero attached hydrogens (tertiary/aromatic N) is 2. The Labute approximate surface area is 129 Å². The molecule has 1 aromatic carbocycles. The molecule has 0 saturated carbocycles. The number of allylic oxidation sites excluding steroid dienone is 2. The van der Waals surface area contributed by atoms with Crippen molar-refractivity contribution in [3.8, 4) is 11.3 Å². The summed E-state index contributed by atoms with van der Waals surface area (Å²) in [5, 5.41) is 7.23. The fourth-order valence-corrected chi connectivity index (χ4v) is 3.00. The lowest BCUT2D eigenvalue weighted by molar-refractivity contribution is 0.627. The zero-order valence-electron chi connectivity index (χ0n) is 12.1. The second-order valence-electron chi connectivity index (χ2n) is 5.34. The number of hydrazone groups is 1. The van der Waals surface area contributed by atoms with Crippen molar-refractivity contribution >= 4 is 22.7 Å². The molecule has 0 aliphatic heterocycles. The van der Waals surface area contributed by atoms with E-state index in [1.807, 2.05) is 6.21 Å². The average molecular weight is 297 g/mol. The number of hydrogen-bond acceptors (Lipinski definition) is 4. The Balaban J connectivity index is 1.61. The maximum atomic E-state index is 4.57.